The van der Waals surface area contributed by atoms with Crippen LogP contribution in [-0.2, 0) is 14.3 Å². The van der Waals surface area contributed by atoms with E-state index < -0.39 is 0 Å². The first kappa shape index (κ1) is 10.3. The molecule has 1 saturated carbocycles. The number of hydrogen-bond acceptors (Lipinski definition) is 3. The van der Waals surface area contributed by atoms with Crippen molar-refractivity contribution in [3.8, 4) is 0 Å². The van der Waals surface area contributed by atoms with Gasteiger partial charge >= 0.3 is 5.97 Å². The van der Waals surface area contributed by atoms with Crippen LogP contribution in [0.3, 0.4) is 0 Å². The highest BCUT2D eigenvalue weighted by Gasteiger charge is 2.19. The second-order valence-corrected chi connectivity index (χ2v) is 3.16. The van der Waals surface area contributed by atoms with Gasteiger partial charge in [-0.15, -0.1) is 0 Å². The van der Waals surface area contributed by atoms with Gasteiger partial charge in [-0.3, -0.25) is 0 Å². The zero-order chi connectivity index (χ0) is 9.68. The van der Waals surface area contributed by atoms with Gasteiger partial charge < -0.3 is 9.47 Å². The molecule has 0 bridgehead atoms. The summed E-state index contributed by atoms with van der Waals surface area (Å²) < 4.78 is 10.0. The van der Waals surface area contributed by atoms with E-state index in [1.54, 1.807) is 13.2 Å². The number of esters is 1. The van der Waals surface area contributed by atoms with E-state index in [1.165, 1.54) is 0 Å². The first-order valence-electron chi connectivity index (χ1n) is 4.65. The molecule has 0 aliphatic heterocycles. The Labute approximate surface area is 78.7 Å². The maximum absolute atomic E-state index is 11.1. The minimum absolute atomic E-state index is 0.228. The first-order chi connectivity index (χ1) is 6.26. The molecule has 1 atom stereocenters. The second kappa shape index (κ2) is 5.02. The Balaban J connectivity index is 2.40. The summed E-state index contributed by atoms with van der Waals surface area (Å²) in [6.07, 6.45) is 4.73. The molecule has 74 valence electrons. The Morgan fingerprint density at radius 1 is 1.69 bits per heavy atom. The summed E-state index contributed by atoms with van der Waals surface area (Å²) in [5.74, 6) is -0.228. The Morgan fingerprint density at radius 2 is 2.46 bits per heavy atom. The van der Waals surface area contributed by atoms with Crippen LogP contribution in [0.1, 0.15) is 26.2 Å². The highest BCUT2D eigenvalue weighted by Crippen LogP contribution is 2.26. The van der Waals surface area contributed by atoms with Crippen molar-refractivity contribution in [3.63, 3.8) is 0 Å². The molecule has 0 N–H and O–H groups in total. The van der Waals surface area contributed by atoms with Gasteiger partial charge in [-0.2, -0.15) is 0 Å². The summed E-state index contributed by atoms with van der Waals surface area (Å²) in [5, 5.41) is 0. The van der Waals surface area contributed by atoms with Crippen LogP contribution >= 0.6 is 0 Å². The molecule has 1 fully saturated rings. The normalized spacial score (nSPS) is 25.1. The van der Waals surface area contributed by atoms with E-state index in [4.69, 9.17) is 9.47 Å². The molecule has 0 amide bonds. The molecule has 0 spiro atoms. The predicted octanol–water partition coefficient (Wildman–Crippen LogP) is 1.67. The molecule has 0 aromatic rings. The minimum atomic E-state index is -0.228. The summed E-state index contributed by atoms with van der Waals surface area (Å²) in [5.41, 5.74) is 1.14. The second-order valence-electron chi connectivity index (χ2n) is 3.16. The van der Waals surface area contributed by atoms with Gasteiger partial charge in [0.1, 0.15) is 0 Å². The average molecular weight is 184 g/mol. The molecule has 0 aromatic carbocycles. The van der Waals surface area contributed by atoms with Crippen molar-refractivity contribution in [2.24, 2.45) is 0 Å². The van der Waals surface area contributed by atoms with Gasteiger partial charge in [0.15, 0.2) is 0 Å². The summed E-state index contributed by atoms with van der Waals surface area (Å²) in [6, 6.07) is 0. The monoisotopic (exact) mass is 184 g/mol. The van der Waals surface area contributed by atoms with Gasteiger partial charge in [0.25, 0.3) is 0 Å². The molecule has 1 aliphatic rings. The van der Waals surface area contributed by atoms with E-state index in [-0.39, 0.29) is 5.97 Å². The van der Waals surface area contributed by atoms with Crippen LogP contribution in [0.4, 0.5) is 0 Å². The lowest BCUT2D eigenvalue weighted by atomic mass is 10.2. The fraction of sp³-hybridized carbons (Fsp3) is 0.700. The van der Waals surface area contributed by atoms with Crippen molar-refractivity contribution in [1.29, 1.82) is 0 Å². The summed E-state index contributed by atoms with van der Waals surface area (Å²) >= 11 is 0. The van der Waals surface area contributed by atoms with E-state index in [9.17, 15) is 4.79 Å². The summed E-state index contributed by atoms with van der Waals surface area (Å²) in [7, 11) is 1.71. The molecule has 0 aromatic heterocycles. The van der Waals surface area contributed by atoms with Crippen LogP contribution in [0.2, 0.25) is 0 Å². The van der Waals surface area contributed by atoms with Crippen LogP contribution < -0.4 is 0 Å². The van der Waals surface area contributed by atoms with E-state index in [1.807, 2.05) is 6.92 Å². The molecule has 3 heteroatoms. The standard InChI is InChI=1S/C10H16O3/c1-3-13-10(11)7-8-4-5-9(6-8)12-2/h7,9H,3-6H2,1-2H3/b8-7+. The summed E-state index contributed by atoms with van der Waals surface area (Å²) in [6.45, 7) is 2.25. The van der Waals surface area contributed by atoms with Gasteiger partial charge in [-0.05, 0) is 26.2 Å². The average Bonchev–Trinajstić information content (AvgIpc) is 2.52. The van der Waals surface area contributed by atoms with Crippen LogP contribution in [-0.4, -0.2) is 25.8 Å². The molecule has 1 unspecified atom stereocenters. The third-order valence-electron chi connectivity index (χ3n) is 2.22. The molecule has 13 heavy (non-hydrogen) atoms. The molecule has 0 heterocycles. The largest absolute Gasteiger partial charge is 0.463 e. The quantitative estimate of drug-likeness (QED) is 0.494. The number of carbonyl (C=O) groups is 1. The zero-order valence-corrected chi connectivity index (χ0v) is 8.21. The van der Waals surface area contributed by atoms with E-state index >= 15 is 0 Å². The van der Waals surface area contributed by atoms with Gasteiger partial charge in [-0.25, -0.2) is 4.79 Å². The third kappa shape index (κ3) is 3.19. The lowest BCUT2D eigenvalue weighted by Crippen LogP contribution is -2.03. The molecule has 0 saturated heterocycles. The highest BCUT2D eigenvalue weighted by molar-refractivity contribution is 5.82. The molecule has 0 radical (unpaired) electrons. The smallest absolute Gasteiger partial charge is 0.330 e. The van der Waals surface area contributed by atoms with Gasteiger partial charge in [0.05, 0.1) is 12.7 Å². The van der Waals surface area contributed by atoms with Gasteiger partial charge in [0.2, 0.25) is 0 Å². The van der Waals surface area contributed by atoms with Crippen LogP contribution in [0.5, 0.6) is 0 Å². The molecule has 1 rings (SSSR count). The lowest BCUT2D eigenvalue weighted by molar-refractivity contribution is -0.137. The predicted molar refractivity (Wildman–Crippen MR) is 49.4 cm³/mol. The van der Waals surface area contributed by atoms with Crippen molar-refractivity contribution in [2.45, 2.75) is 32.3 Å². The van der Waals surface area contributed by atoms with Crippen LogP contribution in [0.25, 0.3) is 0 Å². The van der Waals surface area contributed by atoms with E-state index in [2.05, 4.69) is 0 Å². The molecule has 3 nitrogen and oxygen atoms in total. The molecular weight excluding hydrogens is 168 g/mol. The Kier molecular flexibility index (Phi) is 3.96. The number of ether oxygens (including phenoxy) is 2. The fourth-order valence-electron chi connectivity index (χ4n) is 1.53. The minimum Gasteiger partial charge on any atom is -0.463 e. The Bertz CT molecular complexity index is 208. The fourth-order valence-corrected chi connectivity index (χ4v) is 1.53. The molecular formula is C10H16O3. The number of hydrogen-bond donors (Lipinski definition) is 0. The number of carbonyl (C=O) groups excluding carboxylic acids is 1. The Hall–Kier alpha value is -0.830. The molecule has 1 aliphatic carbocycles. The lowest BCUT2D eigenvalue weighted by Gasteiger charge is -2.03. The Morgan fingerprint density at radius 3 is 3.00 bits per heavy atom. The van der Waals surface area contributed by atoms with Crippen molar-refractivity contribution in [2.75, 3.05) is 13.7 Å². The highest BCUT2D eigenvalue weighted by atomic mass is 16.5. The van der Waals surface area contributed by atoms with Crippen LogP contribution in [0.15, 0.2) is 11.6 Å². The maximum atomic E-state index is 11.1. The third-order valence-corrected chi connectivity index (χ3v) is 2.22. The summed E-state index contributed by atoms with van der Waals surface area (Å²) in [4.78, 5) is 11.1. The van der Waals surface area contributed by atoms with E-state index in [0.29, 0.717) is 12.7 Å². The number of rotatable bonds is 3. The zero-order valence-electron chi connectivity index (χ0n) is 8.21. The number of methoxy groups -OCH3 is 1. The van der Waals surface area contributed by atoms with Crippen molar-refractivity contribution >= 4 is 5.97 Å². The van der Waals surface area contributed by atoms with Gasteiger partial charge in [-0.1, -0.05) is 5.57 Å². The van der Waals surface area contributed by atoms with Crippen molar-refractivity contribution in [1.82, 2.24) is 0 Å². The first-order valence-corrected chi connectivity index (χ1v) is 4.65. The van der Waals surface area contributed by atoms with Crippen LogP contribution in [0, 0.1) is 0 Å². The maximum Gasteiger partial charge on any atom is 0.330 e. The van der Waals surface area contributed by atoms with Crippen molar-refractivity contribution < 1.29 is 14.3 Å². The SMILES string of the molecule is CCOC(=O)/C=C1\CCC(OC)C1. The van der Waals surface area contributed by atoms with Crippen molar-refractivity contribution in [3.05, 3.63) is 11.6 Å². The van der Waals surface area contributed by atoms with Gasteiger partial charge in [0, 0.05) is 13.2 Å². The topological polar surface area (TPSA) is 35.5 Å². The van der Waals surface area contributed by atoms with E-state index in [0.717, 1.165) is 24.8 Å².